The number of rotatable bonds is 6. The van der Waals surface area contributed by atoms with E-state index in [2.05, 4.69) is 32.6 Å². The molecule has 1 unspecified atom stereocenters. The highest BCUT2D eigenvalue weighted by Gasteiger charge is 2.31. The molecular weight excluding hydrogens is 460 g/mol. The van der Waals surface area contributed by atoms with E-state index in [-0.39, 0.29) is 18.4 Å². The van der Waals surface area contributed by atoms with Gasteiger partial charge in [-0.15, -0.1) is 0 Å². The summed E-state index contributed by atoms with van der Waals surface area (Å²) < 4.78 is 13.8. The number of fused-ring (bicyclic) bond motifs is 3. The van der Waals surface area contributed by atoms with Crippen molar-refractivity contribution in [1.82, 2.24) is 4.57 Å². The number of halogens is 1. The summed E-state index contributed by atoms with van der Waals surface area (Å²) in [5, 5.41) is 0.863. The van der Waals surface area contributed by atoms with E-state index in [0.29, 0.717) is 18.7 Å². The number of esters is 1. The molecule has 1 amide bonds. The van der Waals surface area contributed by atoms with Crippen LogP contribution >= 0.6 is 15.9 Å². The first kappa shape index (κ1) is 21.4. The van der Waals surface area contributed by atoms with E-state index in [4.69, 9.17) is 15.2 Å². The van der Waals surface area contributed by atoms with Crippen LogP contribution in [0.15, 0.2) is 46.9 Å². The van der Waals surface area contributed by atoms with Crippen LogP contribution in [0.2, 0.25) is 0 Å². The second-order valence-corrected chi connectivity index (χ2v) is 8.71. The second kappa shape index (κ2) is 9.14. The van der Waals surface area contributed by atoms with E-state index in [0.717, 1.165) is 51.5 Å². The number of primary amides is 1. The summed E-state index contributed by atoms with van der Waals surface area (Å²) in [6.07, 6.45) is 3.50. The summed E-state index contributed by atoms with van der Waals surface area (Å²) in [6, 6.07) is 14.0. The first-order valence-corrected chi connectivity index (χ1v) is 11.2. The average Bonchev–Trinajstić information content (AvgIpc) is 2.91. The lowest BCUT2D eigenvalue weighted by molar-refractivity contribution is -0.142. The summed E-state index contributed by atoms with van der Waals surface area (Å²) >= 11 is 3.55. The van der Waals surface area contributed by atoms with Gasteiger partial charge in [-0.05, 0) is 54.7 Å². The van der Waals surface area contributed by atoms with Gasteiger partial charge in [-0.2, -0.15) is 0 Å². The van der Waals surface area contributed by atoms with Gasteiger partial charge in [-0.3, -0.25) is 4.79 Å². The van der Waals surface area contributed by atoms with E-state index in [1.165, 1.54) is 7.11 Å². The number of hydrogen-bond donors (Lipinski definition) is 1. The molecule has 31 heavy (non-hydrogen) atoms. The molecule has 1 atom stereocenters. The number of carbonyl (C=O) groups is 2. The molecule has 0 radical (unpaired) electrons. The largest absolute Gasteiger partial charge is 0.481 e. The number of carbonyl (C=O) groups excluding carboxylic acids is 2. The highest BCUT2D eigenvalue weighted by molar-refractivity contribution is 9.10. The minimum atomic E-state index is -0.455. The first-order valence-electron chi connectivity index (χ1n) is 10.4. The maximum Gasteiger partial charge on any atom is 0.343 e. The maximum absolute atomic E-state index is 12.4. The molecule has 1 heterocycles. The zero-order valence-electron chi connectivity index (χ0n) is 17.4. The van der Waals surface area contributed by atoms with Crippen molar-refractivity contribution < 1.29 is 19.1 Å². The zero-order chi connectivity index (χ0) is 22.0. The molecule has 6 nitrogen and oxygen atoms in total. The van der Waals surface area contributed by atoms with Gasteiger partial charge in [0.15, 0.2) is 6.61 Å². The van der Waals surface area contributed by atoms with Gasteiger partial charge in [0, 0.05) is 22.1 Å². The first-order chi connectivity index (χ1) is 15.0. The predicted molar refractivity (Wildman–Crippen MR) is 122 cm³/mol. The SMILES string of the molecule is COC(=O)COc1cccc2c1c1c(n2Cc2cccc(Br)c2)CCCCC1C(N)=O. The van der Waals surface area contributed by atoms with Gasteiger partial charge in [0.1, 0.15) is 5.75 Å². The smallest absolute Gasteiger partial charge is 0.343 e. The molecule has 0 saturated heterocycles. The maximum atomic E-state index is 12.4. The van der Waals surface area contributed by atoms with Crippen LogP contribution in [-0.2, 0) is 27.3 Å². The van der Waals surface area contributed by atoms with E-state index in [1.54, 1.807) is 0 Å². The third-order valence-corrected chi connectivity index (χ3v) is 6.35. The van der Waals surface area contributed by atoms with Gasteiger partial charge in [0.25, 0.3) is 0 Å². The summed E-state index contributed by atoms with van der Waals surface area (Å²) in [7, 11) is 1.33. The molecule has 1 aromatic heterocycles. The van der Waals surface area contributed by atoms with E-state index < -0.39 is 5.97 Å². The lowest BCUT2D eigenvalue weighted by Gasteiger charge is -2.14. The number of nitrogens with two attached hydrogens (primary N) is 1. The minimum absolute atomic E-state index is 0.192. The van der Waals surface area contributed by atoms with Crippen LogP contribution in [0.3, 0.4) is 0 Å². The molecule has 0 spiro atoms. The molecule has 0 saturated carbocycles. The molecule has 2 N–H and O–H groups in total. The Labute approximate surface area is 189 Å². The summed E-state index contributed by atoms with van der Waals surface area (Å²) in [5.74, 6) is -0.595. The van der Waals surface area contributed by atoms with Crippen molar-refractivity contribution in [3.05, 3.63) is 63.8 Å². The Hall–Kier alpha value is -2.80. The number of ether oxygens (including phenoxy) is 2. The van der Waals surface area contributed by atoms with Crippen LogP contribution in [0.5, 0.6) is 5.75 Å². The molecule has 1 aliphatic rings. The Kier molecular flexibility index (Phi) is 6.32. The molecule has 2 aromatic carbocycles. The van der Waals surface area contributed by atoms with Crippen LogP contribution in [0.25, 0.3) is 10.9 Å². The Morgan fingerprint density at radius 2 is 2.00 bits per heavy atom. The van der Waals surface area contributed by atoms with Gasteiger partial charge in [-0.1, -0.05) is 40.5 Å². The Balaban J connectivity index is 1.92. The normalized spacial score (nSPS) is 15.9. The van der Waals surface area contributed by atoms with Crippen LogP contribution in [0.1, 0.15) is 42.0 Å². The highest BCUT2D eigenvalue weighted by atomic mass is 79.9. The molecule has 1 aliphatic carbocycles. The van der Waals surface area contributed by atoms with Crippen molar-refractivity contribution in [3.8, 4) is 5.75 Å². The molecule has 0 aliphatic heterocycles. The molecule has 3 aromatic rings. The van der Waals surface area contributed by atoms with Gasteiger partial charge >= 0.3 is 5.97 Å². The summed E-state index contributed by atoms with van der Waals surface area (Å²) in [6.45, 7) is 0.472. The van der Waals surface area contributed by atoms with Crippen LogP contribution in [0.4, 0.5) is 0 Å². The van der Waals surface area contributed by atoms with E-state index in [1.807, 2.05) is 30.3 Å². The fourth-order valence-electron chi connectivity index (χ4n) is 4.48. The van der Waals surface area contributed by atoms with Gasteiger partial charge in [0.05, 0.1) is 18.5 Å². The molecule has 0 fully saturated rings. The molecule has 4 rings (SSSR count). The van der Waals surface area contributed by atoms with Crippen molar-refractivity contribution in [1.29, 1.82) is 0 Å². The van der Waals surface area contributed by atoms with Crippen molar-refractivity contribution in [2.24, 2.45) is 5.73 Å². The summed E-state index contributed by atoms with van der Waals surface area (Å²) in [4.78, 5) is 24.1. The van der Waals surface area contributed by atoms with Gasteiger partial charge < -0.3 is 19.8 Å². The lowest BCUT2D eigenvalue weighted by Crippen LogP contribution is -2.21. The van der Waals surface area contributed by atoms with Crippen molar-refractivity contribution in [2.45, 2.75) is 38.1 Å². The molecule has 162 valence electrons. The predicted octanol–water partition coefficient (Wildman–Crippen LogP) is 4.30. The zero-order valence-corrected chi connectivity index (χ0v) is 19.0. The average molecular weight is 485 g/mol. The number of amides is 1. The highest BCUT2D eigenvalue weighted by Crippen LogP contribution is 2.42. The van der Waals surface area contributed by atoms with Crippen LogP contribution < -0.4 is 10.5 Å². The van der Waals surface area contributed by atoms with Crippen molar-refractivity contribution in [3.63, 3.8) is 0 Å². The number of nitrogens with zero attached hydrogens (tertiary/aromatic N) is 1. The standard InChI is InChI=1S/C24H25BrN2O4/c1-30-21(28)14-31-20-11-5-10-19-23(20)22-17(24(26)29)8-2-3-9-18(22)27(19)13-15-6-4-7-16(25)12-15/h4-7,10-12,17H,2-3,8-9,13-14H2,1H3,(H2,26,29). The monoisotopic (exact) mass is 484 g/mol. The Morgan fingerprint density at radius 3 is 2.74 bits per heavy atom. The topological polar surface area (TPSA) is 83.6 Å². The minimum Gasteiger partial charge on any atom is -0.481 e. The third-order valence-electron chi connectivity index (χ3n) is 5.85. The fourth-order valence-corrected chi connectivity index (χ4v) is 4.93. The molecule has 0 bridgehead atoms. The molecular formula is C24H25BrN2O4. The van der Waals surface area contributed by atoms with E-state index in [9.17, 15) is 9.59 Å². The van der Waals surface area contributed by atoms with E-state index >= 15 is 0 Å². The number of methoxy groups -OCH3 is 1. The van der Waals surface area contributed by atoms with Crippen LogP contribution in [0, 0.1) is 0 Å². The third kappa shape index (κ3) is 4.32. The Bertz CT molecular complexity index is 1140. The fraction of sp³-hybridized carbons (Fsp3) is 0.333. The Morgan fingerprint density at radius 1 is 1.19 bits per heavy atom. The molecule has 7 heteroatoms. The number of hydrogen-bond acceptors (Lipinski definition) is 4. The van der Waals surface area contributed by atoms with Gasteiger partial charge in [-0.25, -0.2) is 4.79 Å². The quantitative estimate of drug-likeness (QED) is 0.417. The van der Waals surface area contributed by atoms with Gasteiger partial charge in [0.2, 0.25) is 5.91 Å². The number of aromatic nitrogens is 1. The number of benzene rings is 2. The van der Waals surface area contributed by atoms with Crippen molar-refractivity contribution in [2.75, 3.05) is 13.7 Å². The van der Waals surface area contributed by atoms with Crippen molar-refractivity contribution >= 4 is 38.7 Å². The van der Waals surface area contributed by atoms with Crippen LogP contribution in [-0.4, -0.2) is 30.2 Å². The second-order valence-electron chi connectivity index (χ2n) is 7.79. The lowest BCUT2D eigenvalue weighted by atomic mass is 9.92. The summed E-state index contributed by atoms with van der Waals surface area (Å²) in [5.41, 5.74) is 10.0.